The van der Waals surface area contributed by atoms with Crippen LogP contribution in [0.25, 0.3) is 0 Å². The van der Waals surface area contributed by atoms with Crippen LogP contribution in [0.2, 0.25) is 0 Å². The fourth-order valence-corrected chi connectivity index (χ4v) is 4.23. The third-order valence-electron chi connectivity index (χ3n) is 6.66. The fourth-order valence-electron chi connectivity index (χ4n) is 4.23. The number of aliphatic hydroxyl groups excluding tert-OH is 3. The van der Waals surface area contributed by atoms with E-state index in [1.165, 1.54) is 19.3 Å². The first-order valence-corrected chi connectivity index (χ1v) is 13.3. The van der Waals surface area contributed by atoms with E-state index in [0.29, 0.717) is 12.8 Å². The van der Waals surface area contributed by atoms with Crippen LogP contribution in [0, 0.1) is 0 Å². The number of hydrogen-bond donors (Lipinski definition) is 3. The molecule has 208 valence electrons. The molecule has 3 fully saturated rings. The standard InChI is InChI=1S/C25H42O11/c1-3-5-7-8-9-10-11-13-18(27)33-16(14-31-17(26)12-6-4-2)15-32-23-21(30)19(28)20(29)22(34-23)25-24(35-25)36-25/h16,19-24,28-30H,3-15H2,1-2H3/t16-,19+,20-,21-,22+,23-,24?,25?/m1/s1. The van der Waals surface area contributed by atoms with Gasteiger partial charge in [-0.3, -0.25) is 9.59 Å². The van der Waals surface area contributed by atoms with Crippen LogP contribution in [-0.4, -0.2) is 89.4 Å². The SMILES string of the molecule is CCCCCCCCCC(=O)O[C@H](COC(=O)CCCC)CO[C@@H]1O[C@H](C23OC2O3)[C@H](O)[C@H](O)[C@H]1O. The van der Waals surface area contributed by atoms with E-state index in [0.717, 1.165) is 25.7 Å². The number of aliphatic hydroxyl groups is 3. The maximum absolute atomic E-state index is 12.4. The average molecular weight is 519 g/mol. The van der Waals surface area contributed by atoms with E-state index in [1.807, 2.05) is 6.92 Å². The topological polar surface area (TPSA) is 157 Å². The van der Waals surface area contributed by atoms with E-state index in [4.69, 9.17) is 28.4 Å². The lowest BCUT2D eigenvalue weighted by Gasteiger charge is -2.40. The number of carbonyl (C=O) groups is 2. The molecule has 11 heteroatoms. The van der Waals surface area contributed by atoms with Gasteiger partial charge in [-0.15, -0.1) is 0 Å². The van der Waals surface area contributed by atoms with Crippen LogP contribution >= 0.6 is 0 Å². The zero-order valence-corrected chi connectivity index (χ0v) is 21.3. The first-order chi connectivity index (χ1) is 17.3. The molecule has 3 aliphatic heterocycles. The molecule has 0 aromatic carbocycles. The third-order valence-corrected chi connectivity index (χ3v) is 6.66. The summed E-state index contributed by atoms with van der Waals surface area (Å²) < 4.78 is 32.4. The van der Waals surface area contributed by atoms with Gasteiger partial charge in [-0.25, -0.2) is 0 Å². The number of hydrogen-bond acceptors (Lipinski definition) is 11. The lowest BCUT2D eigenvalue weighted by atomic mass is 9.96. The van der Waals surface area contributed by atoms with Gasteiger partial charge in [-0.05, 0) is 12.8 Å². The molecule has 0 unspecified atom stereocenters. The number of rotatable bonds is 18. The number of ether oxygens (including phenoxy) is 6. The molecule has 36 heavy (non-hydrogen) atoms. The highest BCUT2D eigenvalue weighted by atomic mass is 17.0. The molecule has 3 rings (SSSR count). The Morgan fingerprint density at radius 3 is 2.06 bits per heavy atom. The smallest absolute Gasteiger partial charge is 0.306 e. The second-order valence-corrected chi connectivity index (χ2v) is 9.79. The van der Waals surface area contributed by atoms with Crippen LogP contribution in [0.3, 0.4) is 0 Å². The first-order valence-electron chi connectivity index (χ1n) is 13.3. The minimum atomic E-state index is -1.56. The second kappa shape index (κ2) is 14.0. The molecule has 0 bridgehead atoms. The molecule has 0 amide bonds. The molecule has 0 aromatic rings. The summed E-state index contributed by atoms with van der Waals surface area (Å²) in [5.74, 6) is -1.95. The van der Waals surface area contributed by atoms with Gasteiger partial charge in [-0.1, -0.05) is 58.8 Å². The molecule has 0 aromatic heterocycles. The summed E-state index contributed by atoms with van der Waals surface area (Å²) in [6.07, 6.45) is 1.15. The van der Waals surface area contributed by atoms with Gasteiger partial charge in [-0.2, -0.15) is 0 Å². The summed E-state index contributed by atoms with van der Waals surface area (Å²) in [5, 5.41) is 30.8. The molecule has 0 aliphatic carbocycles. The van der Waals surface area contributed by atoms with Crippen LogP contribution < -0.4 is 0 Å². The predicted molar refractivity (Wildman–Crippen MR) is 124 cm³/mol. The molecule has 0 radical (unpaired) electrons. The van der Waals surface area contributed by atoms with Crippen molar-refractivity contribution in [2.45, 2.75) is 133 Å². The van der Waals surface area contributed by atoms with Crippen molar-refractivity contribution in [1.82, 2.24) is 0 Å². The molecule has 0 spiro atoms. The van der Waals surface area contributed by atoms with Gasteiger partial charge >= 0.3 is 11.9 Å². The molecule has 3 N–H and O–H groups in total. The van der Waals surface area contributed by atoms with E-state index in [9.17, 15) is 24.9 Å². The maximum atomic E-state index is 12.4. The fraction of sp³-hybridized carbons (Fsp3) is 0.920. The molecular formula is C25H42O11. The average Bonchev–Trinajstić information content (AvgIpc) is 3.74. The highest BCUT2D eigenvalue weighted by Gasteiger charge is 2.84. The molecule has 11 nitrogen and oxygen atoms in total. The third kappa shape index (κ3) is 8.08. The summed E-state index contributed by atoms with van der Waals surface area (Å²) in [5.41, 5.74) is 0. The number of fused-ring (bicyclic) bond motifs is 1. The van der Waals surface area contributed by atoms with Crippen molar-refractivity contribution in [3.05, 3.63) is 0 Å². The van der Waals surface area contributed by atoms with Crippen molar-refractivity contribution in [2.24, 2.45) is 0 Å². The molecule has 3 heterocycles. The Kier molecular flexibility index (Phi) is 11.4. The van der Waals surface area contributed by atoms with E-state index >= 15 is 0 Å². The number of carbonyl (C=O) groups excluding carboxylic acids is 2. The van der Waals surface area contributed by atoms with Gasteiger partial charge in [0.25, 0.3) is 5.79 Å². The van der Waals surface area contributed by atoms with E-state index in [-0.39, 0.29) is 26.1 Å². The summed E-state index contributed by atoms with van der Waals surface area (Å²) in [6.45, 7) is 3.67. The Morgan fingerprint density at radius 2 is 1.42 bits per heavy atom. The Balaban J connectivity index is 1.46. The molecular weight excluding hydrogens is 476 g/mol. The van der Waals surface area contributed by atoms with Crippen molar-refractivity contribution < 1.29 is 53.3 Å². The van der Waals surface area contributed by atoms with Gasteiger partial charge in [0, 0.05) is 12.8 Å². The summed E-state index contributed by atoms with van der Waals surface area (Å²) >= 11 is 0. The first kappa shape index (κ1) is 29.2. The molecule has 0 saturated carbocycles. The Morgan fingerprint density at radius 1 is 0.806 bits per heavy atom. The van der Waals surface area contributed by atoms with Gasteiger partial charge < -0.3 is 43.7 Å². The van der Waals surface area contributed by atoms with Gasteiger partial charge in [0.1, 0.15) is 31.0 Å². The normalized spacial score (nSPS) is 33.5. The van der Waals surface area contributed by atoms with Crippen molar-refractivity contribution in [1.29, 1.82) is 0 Å². The van der Waals surface area contributed by atoms with Gasteiger partial charge in [0.2, 0.25) is 6.29 Å². The minimum Gasteiger partial charge on any atom is -0.462 e. The van der Waals surface area contributed by atoms with E-state index in [1.54, 1.807) is 0 Å². The van der Waals surface area contributed by atoms with Crippen LogP contribution in [0.5, 0.6) is 0 Å². The summed E-state index contributed by atoms with van der Waals surface area (Å²) in [7, 11) is 0. The van der Waals surface area contributed by atoms with E-state index in [2.05, 4.69) is 6.92 Å². The zero-order chi connectivity index (χ0) is 26.1. The molecule has 6 atom stereocenters. The highest BCUT2D eigenvalue weighted by molar-refractivity contribution is 5.70. The summed E-state index contributed by atoms with van der Waals surface area (Å²) in [4.78, 5) is 24.4. The van der Waals surface area contributed by atoms with E-state index < -0.39 is 60.8 Å². The van der Waals surface area contributed by atoms with Crippen molar-refractivity contribution in [2.75, 3.05) is 13.2 Å². The lowest BCUT2D eigenvalue weighted by molar-refractivity contribution is -0.321. The molecule has 3 aliphatic rings. The Bertz CT molecular complexity index is 695. The van der Waals surface area contributed by atoms with Crippen LogP contribution in [0.15, 0.2) is 0 Å². The Hall–Kier alpha value is -1.34. The van der Waals surface area contributed by atoms with Crippen LogP contribution in [0.1, 0.15) is 84.5 Å². The van der Waals surface area contributed by atoms with Crippen LogP contribution in [-0.2, 0) is 38.0 Å². The predicted octanol–water partition coefficient (Wildman–Crippen LogP) is 1.68. The number of esters is 2. The number of unbranched alkanes of at least 4 members (excludes halogenated alkanes) is 7. The van der Waals surface area contributed by atoms with Gasteiger partial charge in [0.05, 0.1) is 6.61 Å². The zero-order valence-electron chi connectivity index (χ0n) is 21.3. The number of epoxide rings is 2. The largest absolute Gasteiger partial charge is 0.462 e. The summed E-state index contributed by atoms with van der Waals surface area (Å²) in [6, 6.07) is 0. The Labute approximate surface area is 212 Å². The minimum absolute atomic E-state index is 0.207. The van der Waals surface area contributed by atoms with Crippen molar-refractivity contribution >= 4 is 11.9 Å². The van der Waals surface area contributed by atoms with Crippen LogP contribution in [0.4, 0.5) is 0 Å². The van der Waals surface area contributed by atoms with Gasteiger partial charge in [0.15, 0.2) is 12.4 Å². The lowest BCUT2D eigenvalue weighted by Crippen LogP contribution is -2.61. The highest BCUT2D eigenvalue weighted by Crippen LogP contribution is 2.60. The van der Waals surface area contributed by atoms with Crippen molar-refractivity contribution in [3.63, 3.8) is 0 Å². The second-order valence-electron chi connectivity index (χ2n) is 9.79. The molecule has 3 saturated heterocycles. The quantitative estimate of drug-likeness (QED) is 0.138. The van der Waals surface area contributed by atoms with Crippen molar-refractivity contribution in [3.8, 4) is 0 Å². The monoisotopic (exact) mass is 518 g/mol. The maximum Gasteiger partial charge on any atom is 0.306 e.